The van der Waals surface area contributed by atoms with E-state index in [-0.39, 0.29) is 0 Å². The van der Waals surface area contributed by atoms with Gasteiger partial charge in [-0.25, -0.2) is 4.98 Å². The molecule has 0 spiro atoms. The zero-order chi connectivity index (χ0) is 15.2. The maximum absolute atomic E-state index is 11.7. The molecule has 1 heterocycles. The van der Waals surface area contributed by atoms with E-state index in [1.165, 1.54) is 6.92 Å². The second-order valence-electron chi connectivity index (χ2n) is 5.28. The third kappa shape index (κ3) is 5.57. The van der Waals surface area contributed by atoms with Crippen molar-refractivity contribution in [1.82, 2.24) is 4.98 Å². The SMILES string of the molecule is C[C@H](N=[N+]=[N-])C(=O)Nc1cccc(C#C[Si](C)(C)C)n1. The Morgan fingerprint density at radius 1 is 1.50 bits per heavy atom. The van der Waals surface area contributed by atoms with Crippen molar-refractivity contribution in [3.05, 3.63) is 34.3 Å². The van der Waals surface area contributed by atoms with Crippen molar-refractivity contribution >= 4 is 19.8 Å². The van der Waals surface area contributed by atoms with Crippen molar-refractivity contribution in [3.63, 3.8) is 0 Å². The lowest BCUT2D eigenvalue weighted by molar-refractivity contribution is -0.117. The van der Waals surface area contributed by atoms with Crippen LogP contribution in [0.3, 0.4) is 0 Å². The number of hydrogen-bond acceptors (Lipinski definition) is 3. The molecule has 1 aromatic rings. The molecule has 0 aliphatic rings. The number of carbonyl (C=O) groups is 1. The number of pyridine rings is 1. The third-order valence-electron chi connectivity index (χ3n) is 2.17. The summed E-state index contributed by atoms with van der Waals surface area (Å²) in [7, 11) is -1.46. The van der Waals surface area contributed by atoms with Crippen LogP contribution in [0.4, 0.5) is 5.82 Å². The lowest BCUT2D eigenvalue weighted by Crippen LogP contribution is -2.23. The molecule has 0 saturated carbocycles. The van der Waals surface area contributed by atoms with E-state index >= 15 is 0 Å². The van der Waals surface area contributed by atoms with Crippen molar-refractivity contribution in [2.75, 3.05) is 5.32 Å². The van der Waals surface area contributed by atoms with Crippen molar-refractivity contribution in [1.29, 1.82) is 0 Å². The molecule has 0 unspecified atom stereocenters. The average Bonchev–Trinajstić information content (AvgIpc) is 2.36. The van der Waals surface area contributed by atoms with Gasteiger partial charge in [-0.2, -0.15) is 0 Å². The minimum atomic E-state index is -1.46. The van der Waals surface area contributed by atoms with Gasteiger partial charge in [0.25, 0.3) is 0 Å². The molecule has 0 fully saturated rings. The van der Waals surface area contributed by atoms with Crippen LogP contribution in [-0.2, 0) is 4.79 Å². The van der Waals surface area contributed by atoms with Gasteiger partial charge in [0.1, 0.15) is 25.6 Å². The third-order valence-corrected chi connectivity index (χ3v) is 3.05. The molecule has 6 nitrogen and oxygen atoms in total. The number of nitrogens with zero attached hydrogens (tertiary/aromatic N) is 4. The van der Waals surface area contributed by atoms with Crippen LogP contribution in [0.15, 0.2) is 23.3 Å². The fourth-order valence-electron chi connectivity index (χ4n) is 1.19. The van der Waals surface area contributed by atoms with E-state index in [9.17, 15) is 4.79 Å². The predicted molar refractivity (Wildman–Crippen MR) is 81.7 cm³/mol. The molecule has 20 heavy (non-hydrogen) atoms. The Labute approximate surface area is 119 Å². The Morgan fingerprint density at radius 3 is 2.80 bits per heavy atom. The molecule has 1 rings (SSSR count). The van der Waals surface area contributed by atoms with Crippen molar-refractivity contribution in [3.8, 4) is 11.5 Å². The highest BCUT2D eigenvalue weighted by Gasteiger charge is 2.11. The first-order valence-electron chi connectivity index (χ1n) is 6.17. The number of carbonyl (C=O) groups excluding carboxylic acids is 1. The van der Waals surface area contributed by atoms with Crippen molar-refractivity contribution < 1.29 is 4.79 Å². The van der Waals surface area contributed by atoms with Crippen LogP contribution >= 0.6 is 0 Å². The van der Waals surface area contributed by atoms with Gasteiger partial charge in [0.2, 0.25) is 5.91 Å². The van der Waals surface area contributed by atoms with Gasteiger partial charge < -0.3 is 5.32 Å². The Morgan fingerprint density at radius 2 is 2.20 bits per heavy atom. The Bertz CT molecular complexity index is 605. The van der Waals surface area contributed by atoms with Crippen LogP contribution in [0.1, 0.15) is 12.6 Å². The fourth-order valence-corrected chi connectivity index (χ4v) is 1.69. The first-order valence-corrected chi connectivity index (χ1v) is 9.67. The zero-order valence-electron chi connectivity index (χ0n) is 12.0. The highest BCUT2D eigenvalue weighted by Crippen LogP contribution is 2.06. The number of nitrogens with one attached hydrogen (secondary N) is 1. The summed E-state index contributed by atoms with van der Waals surface area (Å²) in [6.45, 7) is 7.96. The normalized spacial score (nSPS) is 11.6. The van der Waals surface area contributed by atoms with E-state index in [1.54, 1.807) is 18.2 Å². The fraction of sp³-hybridized carbons (Fsp3) is 0.385. The van der Waals surface area contributed by atoms with Crippen LogP contribution in [0.5, 0.6) is 0 Å². The maximum atomic E-state index is 11.7. The second kappa shape index (κ2) is 6.75. The Hall–Kier alpha value is -2.29. The summed E-state index contributed by atoms with van der Waals surface area (Å²) in [6.07, 6.45) is 0. The maximum Gasteiger partial charge on any atom is 0.234 e. The summed E-state index contributed by atoms with van der Waals surface area (Å²) in [5.41, 5.74) is 12.1. The highest BCUT2D eigenvalue weighted by atomic mass is 28.3. The quantitative estimate of drug-likeness (QED) is 0.304. The zero-order valence-corrected chi connectivity index (χ0v) is 13.0. The van der Waals surface area contributed by atoms with Crippen LogP contribution in [0.25, 0.3) is 10.4 Å². The molecule has 0 aliphatic heterocycles. The monoisotopic (exact) mass is 287 g/mol. The molecule has 1 aromatic heterocycles. The second-order valence-corrected chi connectivity index (χ2v) is 10.0. The van der Waals surface area contributed by atoms with Crippen LogP contribution in [-0.4, -0.2) is 25.0 Å². The summed E-state index contributed by atoms with van der Waals surface area (Å²) in [4.78, 5) is 18.5. The highest BCUT2D eigenvalue weighted by molar-refractivity contribution is 6.83. The van der Waals surface area contributed by atoms with Gasteiger partial charge in [-0.05, 0) is 24.6 Å². The molecule has 1 N–H and O–H groups in total. The first-order chi connectivity index (χ1) is 9.31. The molecular weight excluding hydrogens is 270 g/mol. The van der Waals surface area contributed by atoms with Crippen LogP contribution < -0.4 is 5.32 Å². The molecule has 0 radical (unpaired) electrons. The van der Waals surface area contributed by atoms with Crippen LogP contribution in [0, 0.1) is 11.5 Å². The van der Waals surface area contributed by atoms with Crippen LogP contribution in [0.2, 0.25) is 19.6 Å². The number of anilines is 1. The molecule has 1 atom stereocenters. The standard InChI is InChI=1S/C13H17N5OSi/c1-10(17-18-14)13(19)16-12-7-5-6-11(15-12)8-9-20(2,3)4/h5-7,10H,1-4H3,(H,15,16,19)/t10-/m0/s1. The summed E-state index contributed by atoms with van der Waals surface area (Å²) >= 11 is 0. The van der Waals surface area contributed by atoms with Crippen molar-refractivity contribution in [2.24, 2.45) is 5.11 Å². The molecule has 7 heteroatoms. The van der Waals surface area contributed by atoms with Gasteiger partial charge in [-0.3, -0.25) is 4.79 Å². The predicted octanol–water partition coefficient (Wildman–Crippen LogP) is 2.95. The minimum Gasteiger partial charge on any atom is -0.310 e. The number of amides is 1. The van der Waals surface area contributed by atoms with Crippen molar-refractivity contribution in [2.45, 2.75) is 32.6 Å². The molecule has 0 aliphatic carbocycles. The van der Waals surface area contributed by atoms with Gasteiger partial charge in [-0.1, -0.05) is 36.7 Å². The number of aromatic nitrogens is 1. The number of rotatable bonds is 3. The molecule has 104 valence electrons. The van der Waals surface area contributed by atoms with E-state index < -0.39 is 20.0 Å². The topological polar surface area (TPSA) is 90.8 Å². The Kier molecular flexibility index (Phi) is 5.32. The lowest BCUT2D eigenvalue weighted by atomic mass is 10.3. The summed E-state index contributed by atoms with van der Waals surface area (Å²) < 4.78 is 0. The summed E-state index contributed by atoms with van der Waals surface area (Å²) in [5.74, 6) is 3.02. The van der Waals surface area contributed by atoms with E-state index in [4.69, 9.17) is 5.53 Å². The summed E-state index contributed by atoms with van der Waals surface area (Å²) in [6, 6.07) is 4.45. The average molecular weight is 287 g/mol. The number of hydrogen-bond donors (Lipinski definition) is 1. The Balaban J connectivity index is 2.86. The number of azide groups is 1. The molecular formula is C13H17N5OSi. The van der Waals surface area contributed by atoms with E-state index in [1.807, 2.05) is 0 Å². The first kappa shape index (κ1) is 15.8. The molecule has 0 aromatic carbocycles. The minimum absolute atomic E-state index is 0.398. The van der Waals surface area contributed by atoms with Gasteiger partial charge in [-0.15, -0.1) is 5.54 Å². The lowest BCUT2D eigenvalue weighted by Gasteiger charge is -2.07. The van der Waals surface area contributed by atoms with Gasteiger partial charge in [0.05, 0.1) is 0 Å². The largest absolute Gasteiger partial charge is 0.310 e. The van der Waals surface area contributed by atoms with E-state index in [0.29, 0.717) is 11.5 Å². The smallest absolute Gasteiger partial charge is 0.234 e. The summed E-state index contributed by atoms with van der Waals surface area (Å²) in [5, 5.41) is 5.92. The molecule has 0 saturated heterocycles. The van der Waals surface area contributed by atoms with Gasteiger partial charge in [0, 0.05) is 4.91 Å². The molecule has 0 bridgehead atoms. The van der Waals surface area contributed by atoms with Gasteiger partial charge in [0.15, 0.2) is 0 Å². The molecule has 1 amide bonds. The van der Waals surface area contributed by atoms with E-state index in [0.717, 1.165) is 0 Å². The van der Waals surface area contributed by atoms with E-state index in [2.05, 4.69) is 51.4 Å². The van der Waals surface area contributed by atoms with Gasteiger partial charge >= 0.3 is 0 Å².